The maximum absolute atomic E-state index is 14.1. The first-order valence-electron chi connectivity index (χ1n) is 12.2. The van der Waals surface area contributed by atoms with Gasteiger partial charge in [0.2, 0.25) is 0 Å². The van der Waals surface area contributed by atoms with Gasteiger partial charge in [-0.05, 0) is 59.5 Å². The molecular weight excluding hydrogens is 516 g/mol. The number of benzene rings is 3. The number of amides is 1. The van der Waals surface area contributed by atoms with Gasteiger partial charge in [0.05, 0.1) is 12.5 Å². The minimum absolute atomic E-state index is 0.199. The summed E-state index contributed by atoms with van der Waals surface area (Å²) in [5, 5.41) is 10.8. The number of aliphatic carboxylic acids is 1. The van der Waals surface area contributed by atoms with E-state index in [2.05, 4.69) is 0 Å². The number of carboxylic acid groups (broad SMARTS) is 1. The number of carboxylic acids is 1. The third-order valence-corrected chi connectivity index (χ3v) is 7.06. The molecule has 5 nitrogen and oxygen atoms in total. The molecule has 0 bridgehead atoms. The second-order valence-electron chi connectivity index (χ2n) is 9.21. The number of rotatable bonds is 9. The maximum Gasteiger partial charge on any atom is 0.305 e. The Hall–Kier alpha value is -2.93. The molecule has 1 N–H and O–H groups in total. The highest BCUT2D eigenvalue weighted by molar-refractivity contribution is 6.30. The van der Waals surface area contributed by atoms with E-state index in [1.54, 1.807) is 41.3 Å². The average molecular weight is 544 g/mol. The van der Waals surface area contributed by atoms with E-state index in [0.717, 1.165) is 16.7 Å². The molecule has 4 atom stereocenters. The van der Waals surface area contributed by atoms with Crippen molar-refractivity contribution in [3.8, 4) is 0 Å². The Balaban J connectivity index is 1.85. The summed E-state index contributed by atoms with van der Waals surface area (Å²) in [6.07, 6.45) is -0.308. The summed E-state index contributed by atoms with van der Waals surface area (Å²) in [6.45, 7) is 1.96. The molecule has 0 aromatic heterocycles. The minimum Gasteiger partial charge on any atom is -0.481 e. The van der Waals surface area contributed by atoms with Crippen LogP contribution in [0.5, 0.6) is 0 Å². The van der Waals surface area contributed by atoms with Gasteiger partial charge in [0, 0.05) is 22.5 Å². The van der Waals surface area contributed by atoms with Crippen LogP contribution in [0.2, 0.25) is 10.0 Å². The number of carbonyl (C=O) groups excluding carboxylic acids is 1. The molecule has 3 aromatic carbocycles. The average Bonchev–Trinajstić information content (AvgIpc) is 2.86. The van der Waals surface area contributed by atoms with E-state index in [9.17, 15) is 19.1 Å². The molecule has 194 valence electrons. The van der Waals surface area contributed by atoms with Gasteiger partial charge in [0.25, 0.3) is 5.91 Å². The van der Waals surface area contributed by atoms with Crippen LogP contribution in [-0.2, 0) is 20.7 Å². The van der Waals surface area contributed by atoms with Crippen molar-refractivity contribution in [1.82, 2.24) is 4.90 Å². The molecule has 1 aliphatic rings. The fourth-order valence-corrected chi connectivity index (χ4v) is 5.27. The van der Waals surface area contributed by atoms with Crippen LogP contribution in [0.4, 0.5) is 4.39 Å². The number of ether oxygens (including phenoxy) is 1. The van der Waals surface area contributed by atoms with E-state index in [1.165, 1.54) is 12.1 Å². The highest BCUT2D eigenvalue weighted by Crippen LogP contribution is 2.45. The van der Waals surface area contributed by atoms with Gasteiger partial charge in [-0.25, -0.2) is 4.39 Å². The van der Waals surface area contributed by atoms with Gasteiger partial charge in [-0.15, -0.1) is 0 Å². The second-order valence-corrected chi connectivity index (χ2v) is 10.1. The van der Waals surface area contributed by atoms with Crippen molar-refractivity contribution in [2.45, 2.75) is 56.9 Å². The van der Waals surface area contributed by atoms with E-state index >= 15 is 0 Å². The van der Waals surface area contributed by atoms with Gasteiger partial charge in [0.1, 0.15) is 18.0 Å². The van der Waals surface area contributed by atoms with Crippen LogP contribution in [0.1, 0.15) is 55.0 Å². The maximum atomic E-state index is 14.1. The first-order chi connectivity index (χ1) is 17.8. The lowest BCUT2D eigenvalue weighted by Gasteiger charge is -2.48. The van der Waals surface area contributed by atoms with Crippen LogP contribution in [0.3, 0.4) is 0 Å². The summed E-state index contributed by atoms with van der Waals surface area (Å²) < 4.78 is 20.0. The second kappa shape index (κ2) is 12.1. The summed E-state index contributed by atoms with van der Waals surface area (Å²) in [5.74, 6) is -1.66. The van der Waals surface area contributed by atoms with Crippen molar-refractivity contribution < 1.29 is 23.8 Å². The molecule has 8 heteroatoms. The molecule has 37 heavy (non-hydrogen) atoms. The van der Waals surface area contributed by atoms with E-state index in [-0.39, 0.29) is 24.6 Å². The van der Waals surface area contributed by atoms with Crippen molar-refractivity contribution in [3.05, 3.63) is 105 Å². The molecule has 1 fully saturated rings. The summed E-state index contributed by atoms with van der Waals surface area (Å²) in [6, 6.07) is 19.2. The Morgan fingerprint density at radius 2 is 1.73 bits per heavy atom. The van der Waals surface area contributed by atoms with Gasteiger partial charge >= 0.3 is 5.97 Å². The number of carbonyl (C=O) groups is 2. The van der Waals surface area contributed by atoms with Crippen molar-refractivity contribution in [3.63, 3.8) is 0 Å². The van der Waals surface area contributed by atoms with Gasteiger partial charge in [0.15, 0.2) is 0 Å². The van der Waals surface area contributed by atoms with Crippen molar-refractivity contribution in [2.75, 3.05) is 0 Å². The van der Waals surface area contributed by atoms with E-state index in [1.807, 2.05) is 31.2 Å². The number of hydrogen-bond donors (Lipinski definition) is 1. The molecule has 1 saturated heterocycles. The van der Waals surface area contributed by atoms with Crippen LogP contribution in [0.25, 0.3) is 0 Å². The molecule has 3 aromatic rings. The summed E-state index contributed by atoms with van der Waals surface area (Å²) in [4.78, 5) is 27.6. The molecule has 1 amide bonds. The largest absolute Gasteiger partial charge is 0.481 e. The van der Waals surface area contributed by atoms with Crippen LogP contribution < -0.4 is 0 Å². The van der Waals surface area contributed by atoms with Gasteiger partial charge < -0.3 is 14.7 Å². The molecule has 4 rings (SSSR count). The number of morpholine rings is 1. The molecule has 0 spiro atoms. The topological polar surface area (TPSA) is 66.8 Å². The monoisotopic (exact) mass is 543 g/mol. The van der Waals surface area contributed by atoms with Crippen molar-refractivity contribution in [2.24, 2.45) is 0 Å². The van der Waals surface area contributed by atoms with E-state index < -0.39 is 30.3 Å². The zero-order chi connectivity index (χ0) is 26.5. The standard InChI is InChI=1S/C29H28Cl2FNO4/c1-2-4-24(17-26(34)35)33-27(19-9-11-21(30)12-10-19)28(20-5-3-6-22(31)16-20)37-25(29(33)36)15-18-7-13-23(32)14-8-18/h3,5-14,16,24-25,27-28H,2,4,15,17H2,1H3,(H,34,35)/t24-,25+,27-,28+/m1/s1. The smallest absolute Gasteiger partial charge is 0.305 e. The Morgan fingerprint density at radius 3 is 2.35 bits per heavy atom. The van der Waals surface area contributed by atoms with Crippen LogP contribution in [0.15, 0.2) is 72.8 Å². The lowest BCUT2D eigenvalue weighted by atomic mass is 9.88. The predicted molar refractivity (Wildman–Crippen MR) is 141 cm³/mol. The SMILES string of the molecule is CCC[C@H](CC(=O)O)N1C(=O)[C@H](Cc2ccc(F)cc2)O[C@@H](c2cccc(Cl)c2)[C@H]1c1ccc(Cl)cc1. The van der Waals surface area contributed by atoms with Gasteiger partial charge in [-0.3, -0.25) is 9.59 Å². The fraction of sp³-hybridized carbons (Fsp3) is 0.310. The van der Waals surface area contributed by atoms with Crippen LogP contribution in [-0.4, -0.2) is 34.0 Å². The lowest BCUT2D eigenvalue weighted by Crippen LogP contribution is -2.55. The Morgan fingerprint density at radius 1 is 1.03 bits per heavy atom. The van der Waals surface area contributed by atoms with Crippen LogP contribution in [0, 0.1) is 5.82 Å². The lowest BCUT2D eigenvalue weighted by molar-refractivity contribution is -0.180. The van der Waals surface area contributed by atoms with Crippen LogP contribution >= 0.6 is 23.2 Å². The predicted octanol–water partition coefficient (Wildman–Crippen LogP) is 7.03. The van der Waals surface area contributed by atoms with E-state index in [4.69, 9.17) is 27.9 Å². The molecule has 0 radical (unpaired) electrons. The molecule has 0 saturated carbocycles. The molecule has 0 unspecified atom stereocenters. The molecule has 1 aliphatic heterocycles. The highest BCUT2D eigenvalue weighted by atomic mass is 35.5. The first kappa shape index (κ1) is 27.1. The molecular formula is C29H28Cl2FNO4. The zero-order valence-electron chi connectivity index (χ0n) is 20.3. The Bertz CT molecular complexity index is 1240. The number of nitrogens with zero attached hydrogens (tertiary/aromatic N) is 1. The molecule has 1 heterocycles. The quantitative estimate of drug-likeness (QED) is 0.314. The summed E-state index contributed by atoms with van der Waals surface area (Å²) in [5.41, 5.74) is 2.27. The van der Waals surface area contributed by atoms with Gasteiger partial charge in [-0.2, -0.15) is 0 Å². The summed E-state index contributed by atoms with van der Waals surface area (Å²) >= 11 is 12.5. The third-order valence-electron chi connectivity index (χ3n) is 6.58. The zero-order valence-corrected chi connectivity index (χ0v) is 21.8. The van der Waals surface area contributed by atoms with E-state index in [0.29, 0.717) is 22.9 Å². The summed E-state index contributed by atoms with van der Waals surface area (Å²) in [7, 11) is 0. The first-order valence-corrected chi connectivity index (χ1v) is 13.0. The van der Waals surface area contributed by atoms with Crippen molar-refractivity contribution in [1.29, 1.82) is 0 Å². The normalized spacial score (nSPS) is 20.6. The van der Waals surface area contributed by atoms with Crippen molar-refractivity contribution >= 4 is 35.1 Å². The number of halogens is 3. The number of hydrogen-bond acceptors (Lipinski definition) is 3. The molecule has 0 aliphatic carbocycles. The minimum atomic E-state index is -0.984. The Kier molecular flexibility index (Phi) is 8.85. The highest BCUT2D eigenvalue weighted by Gasteiger charge is 2.47. The Labute approximate surface area is 225 Å². The fourth-order valence-electron chi connectivity index (χ4n) is 4.95. The third kappa shape index (κ3) is 6.50. The van der Waals surface area contributed by atoms with Gasteiger partial charge in [-0.1, -0.05) is 72.9 Å².